The summed E-state index contributed by atoms with van der Waals surface area (Å²) in [6, 6.07) is 15.2. The van der Waals surface area contributed by atoms with Crippen molar-refractivity contribution in [1.82, 2.24) is 0 Å². The molecule has 0 spiro atoms. The first-order chi connectivity index (χ1) is 15.9. The van der Waals surface area contributed by atoms with E-state index in [1.54, 1.807) is 19.1 Å². The first-order valence-electron chi connectivity index (χ1n) is 13.2. The summed E-state index contributed by atoms with van der Waals surface area (Å²) in [5, 5.41) is 0. The number of hydrogen-bond donors (Lipinski definition) is 0. The SMILES string of the molecule is CCCCCCCC1CCC(c2ccc(-c3ccc(C(F)C(F)(F)CCC)cc3)cc2)CC1. The van der Waals surface area contributed by atoms with Crippen LogP contribution in [0.3, 0.4) is 0 Å². The predicted octanol–water partition coefficient (Wildman–Crippen LogP) is 10.4. The summed E-state index contributed by atoms with van der Waals surface area (Å²) in [4.78, 5) is 0. The smallest absolute Gasteiger partial charge is 0.236 e. The summed E-state index contributed by atoms with van der Waals surface area (Å²) in [6.45, 7) is 3.91. The molecule has 1 aliphatic rings. The largest absolute Gasteiger partial charge is 0.282 e. The number of alkyl halides is 3. The maximum absolute atomic E-state index is 14.3. The van der Waals surface area contributed by atoms with E-state index in [9.17, 15) is 13.2 Å². The maximum atomic E-state index is 14.3. The van der Waals surface area contributed by atoms with Crippen LogP contribution in [0.1, 0.15) is 114 Å². The third-order valence-corrected chi connectivity index (χ3v) is 7.44. The Morgan fingerprint density at radius 2 is 1.33 bits per heavy atom. The van der Waals surface area contributed by atoms with Crippen LogP contribution in [0.5, 0.6) is 0 Å². The van der Waals surface area contributed by atoms with Crippen LogP contribution in [0.2, 0.25) is 0 Å². The van der Waals surface area contributed by atoms with Gasteiger partial charge in [-0.2, -0.15) is 0 Å². The van der Waals surface area contributed by atoms with E-state index in [0.717, 1.165) is 17.0 Å². The molecule has 0 N–H and O–H groups in total. The monoisotopic (exact) mass is 458 g/mol. The Morgan fingerprint density at radius 1 is 0.758 bits per heavy atom. The van der Waals surface area contributed by atoms with Crippen LogP contribution >= 0.6 is 0 Å². The Kier molecular flexibility index (Phi) is 9.89. The normalized spacial score (nSPS) is 20.0. The molecule has 3 heteroatoms. The van der Waals surface area contributed by atoms with Crippen LogP contribution in [0, 0.1) is 5.92 Å². The molecule has 1 atom stereocenters. The zero-order valence-corrected chi connectivity index (χ0v) is 20.5. The van der Waals surface area contributed by atoms with Crippen molar-refractivity contribution >= 4 is 0 Å². The highest BCUT2D eigenvalue weighted by atomic mass is 19.3. The summed E-state index contributed by atoms with van der Waals surface area (Å²) in [6.07, 6.45) is 11.1. The fourth-order valence-electron chi connectivity index (χ4n) is 5.32. The molecule has 3 rings (SSSR count). The summed E-state index contributed by atoms with van der Waals surface area (Å²) in [5.41, 5.74) is 3.43. The van der Waals surface area contributed by atoms with Crippen molar-refractivity contribution in [3.05, 3.63) is 59.7 Å². The zero-order valence-electron chi connectivity index (χ0n) is 20.5. The average molecular weight is 459 g/mol. The minimum atomic E-state index is -3.31. The summed E-state index contributed by atoms with van der Waals surface area (Å²) >= 11 is 0. The van der Waals surface area contributed by atoms with Gasteiger partial charge in [-0.3, -0.25) is 0 Å². The van der Waals surface area contributed by atoms with Gasteiger partial charge < -0.3 is 0 Å². The molecule has 0 radical (unpaired) electrons. The lowest BCUT2D eigenvalue weighted by molar-refractivity contribution is -0.0807. The standard InChI is InChI=1S/C30H41F3/c1-3-5-6-7-8-9-23-10-12-24(13-11-23)25-14-16-26(17-15-25)27-18-20-28(21-19-27)29(31)30(32,33)22-4-2/h14-21,23-24,29H,3-13,22H2,1-2H3. The second-order valence-corrected chi connectivity index (χ2v) is 10.0. The van der Waals surface area contributed by atoms with E-state index >= 15 is 0 Å². The van der Waals surface area contributed by atoms with Gasteiger partial charge in [0.15, 0.2) is 6.17 Å². The third-order valence-electron chi connectivity index (χ3n) is 7.44. The van der Waals surface area contributed by atoms with E-state index in [1.807, 2.05) is 0 Å². The first kappa shape index (κ1) is 25.8. The fraction of sp³-hybridized carbons (Fsp3) is 0.600. The molecule has 2 aromatic carbocycles. The van der Waals surface area contributed by atoms with Gasteiger partial charge in [-0.05, 0) is 59.8 Å². The molecule has 0 bridgehead atoms. The predicted molar refractivity (Wildman–Crippen MR) is 134 cm³/mol. The summed E-state index contributed by atoms with van der Waals surface area (Å²) < 4.78 is 42.1. The second-order valence-electron chi connectivity index (χ2n) is 10.0. The van der Waals surface area contributed by atoms with Crippen molar-refractivity contribution in [3.8, 4) is 11.1 Å². The van der Waals surface area contributed by atoms with Crippen molar-refractivity contribution in [2.24, 2.45) is 5.92 Å². The van der Waals surface area contributed by atoms with Gasteiger partial charge >= 0.3 is 0 Å². The second kappa shape index (κ2) is 12.6. The Labute approximate surface area is 199 Å². The van der Waals surface area contributed by atoms with Gasteiger partial charge in [0.25, 0.3) is 5.92 Å². The molecule has 0 saturated heterocycles. The molecular weight excluding hydrogens is 417 g/mol. The van der Waals surface area contributed by atoms with Gasteiger partial charge in [0.2, 0.25) is 0 Å². The molecule has 182 valence electrons. The lowest BCUT2D eigenvalue weighted by atomic mass is 9.77. The van der Waals surface area contributed by atoms with E-state index in [0.29, 0.717) is 5.92 Å². The van der Waals surface area contributed by atoms with Gasteiger partial charge in [0.05, 0.1) is 0 Å². The molecule has 0 aromatic heterocycles. The van der Waals surface area contributed by atoms with Crippen LogP contribution in [0.15, 0.2) is 48.5 Å². The van der Waals surface area contributed by atoms with Crippen molar-refractivity contribution in [3.63, 3.8) is 0 Å². The minimum Gasteiger partial charge on any atom is -0.236 e. The highest BCUT2D eigenvalue weighted by Crippen LogP contribution is 2.40. The molecular formula is C30H41F3. The fourth-order valence-corrected chi connectivity index (χ4v) is 5.32. The van der Waals surface area contributed by atoms with E-state index in [4.69, 9.17) is 0 Å². The molecule has 1 saturated carbocycles. The van der Waals surface area contributed by atoms with Crippen LogP contribution in [-0.4, -0.2) is 5.92 Å². The molecule has 1 unspecified atom stereocenters. The quantitative estimate of drug-likeness (QED) is 0.277. The van der Waals surface area contributed by atoms with E-state index in [1.165, 1.54) is 81.9 Å². The Morgan fingerprint density at radius 3 is 1.91 bits per heavy atom. The average Bonchev–Trinajstić information content (AvgIpc) is 2.84. The Balaban J connectivity index is 1.51. The maximum Gasteiger partial charge on any atom is 0.282 e. The van der Waals surface area contributed by atoms with Gasteiger partial charge in [-0.1, -0.05) is 107 Å². The molecule has 0 amide bonds. The van der Waals surface area contributed by atoms with Crippen molar-refractivity contribution in [2.75, 3.05) is 0 Å². The summed E-state index contributed by atoms with van der Waals surface area (Å²) in [5.74, 6) is -1.76. The molecule has 2 aromatic rings. The number of unbranched alkanes of at least 4 members (excludes halogenated alkanes) is 4. The van der Waals surface area contributed by atoms with Gasteiger partial charge in [-0.25, -0.2) is 13.2 Å². The lowest BCUT2D eigenvalue weighted by Crippen LogP contribution is -2.22. The topological polar surface area (TPSA) is 0 Å². The molecule has 0 aliphatic heterocycles. The molecule has 0 nitrogen and oxygen atoms in total. The molecule has 1 fully saturated rings. The summed E-state index contributed by atoms with van der Waals surface area (Å²) in [7, 11) is 0. The number of benzene rings is 2. The van der Waals surface area contributed by atoms with Crippen LogP contribution < -0.4 is 0 Å². The van der Waals surface area contributed by atoms with Crippen LogP contribution in [0.25, 0.3) is 11.1 Å². The third kappa shape index (κ3) is 7.36. The Hall–Kier alpha value is -1.77. The highest BCUT2D eigenvalue weighted by Gasteiger charge is 2.39. The molecule has 1 aliphatic carbocycles. The van der Waals surface area contributed by atoms with E-state index in [-0.39, 0.29) is 12.0 Å². The van der Waals surface area contributed by atoms with Gasteiger partial charge in [0.1, 0.15) is 0 Å². The van der Waals surface area contributed by atoms with E-state index in [2.05, 4.69) is 31.2 Å². The molecule has 33 heavy (non-hydrogen) atoms. The van der Waals surface area contributed by atoms with Crippen LogP contribution in [-0.2, 0) is 0 Å². The number of halogens is 3. The van der Waals surface area contributed by atoms with Crippen molar-refractivity contribution in [1.29, 1.82) is 0 Å². The van der Waals surface area contributed by atoms with E-state index < -0.39 is 18.5 Å². The van der Waals surface area contributed by atoms with Crippen molar-refractivity contribution < 1.29 is 13.2 Å². The van der Waals surface area contributed by atoms with Crippen LogP contribution in [0.4, 0.5) is 13.2 Å². The Bertz CT molecular complexity index is 801. The van der Waals surface area contributed by atoms with Gasteiger partial charge in [-0.15, -0.1) is 0 Å². The molecule has 0 heterocycles. The minimum absolute atomic E-state index is 0.0518. The first-order valence-corrected chi connectivity index (χ1v) is 13.2. The zero-order chi connectivity index (χ0) is 23.7. The van der Waals surface area contributed by atoms with Crippen molar-refractivity contribution in [2.45, 2.75) is 109 Å². The lowest BCUT2D eigenvalue weighted by Gasteiger charge is -2.29. The number of hydrogen-bond acceptors (Lipinski definition) is 0. The number of rotatable bonds is 12. The van der Waals surface area contributed by atoms with Gasteiger partial charge in [0, 0.05) is 6.42 Å². The highest BCUT2D eigenvalue weighted by molar-refractivity contribution is 5.64.